The maximum atomic E-state index is 12.6. The molecular weight excluding hydrogens is 422 g/mol. The Hall–Kier alpha value is -2.65. The first kappa shape index (κ1) is 20.6. The van der Waals surface area contributed by atoms with Crippen molar-refractivity contribution in [3.8, 4) is 5.75 Å². The normalized spacial score (nSPS) is 14.8. The number of hydrogen-bond donors (Lipinski definition) is 0. The van der Waals surface area contributed by atoms with Gasteiger partial charge in [-0.15, -0.1) is 0 Å². The number of carbonyl (C=O) groups is 1. The molecular formula is C21H23N3O4S2. The van der Waals surface area contributed by atoms with E-state index in [1.165, 1.54) is 19.2 Å². The van der Waals surface area contributed by atoms with E-state index in [4.69, 9.17) is 4.74 Å². The summed E-state index contributed by atoms with van der Waals surface area (Å²) in [7, 11) is -1.98. The first-order valence-electron chi connectivity index (χ1n) is 9.71. The molecule has 4 rings (SSSR count). The van der Waals surface area contributed by atoms with Crippen LogP contribution in [0, 0.1) is 0 Å². The second-order valence-corrected chi connectivity index (χ2v) is 10.2. The second-order valence-electron chi connectivity index (χ2n) is 7.08. The molecule has 9 heteroatoms. The van der Waals surface area contributed by atoms with Crippen LogP contribution >= 0.6 is 11.3 Å². The van der Waals surface area contributed by atoms with Crippen LogP contribution in [-0.4, -0.2) is 63.3 Å². The fourth-order valence-electron chi connectivity index (χ4n) is 3.42. The van der Waals surface area contributed by atoms with Gasteiger partial charge in [-0.2, -0.15) is 0 Å². The summed E-state index contributed by atoms with van der Waals surface area (Å²) >= 11 is 1.65. The monoisotopic (exact) mass is 445 g/mol. The number of rotatable bonds is 6. The van der Waals surface area contributed by atoms with Gasteiger partial charge in [-0.3, -0.25) is 4.79 Å². The van der Waals surface area contributed by atoms with Gasteiger partial charge in [0.25, 0.3) is 0 Å². The minimum atomic E-state index is -3.51. The van der Waals surface area contributed by atoms with Crippen molar-refractivity contribution < 1.29 is 17.9 Å². The third kappa shape index (κ3) is 4.41. The van der Waals surface area contributed by atoms with Crippen molar-refractivity contribution in [2.45, 2.75) is 11.3 Å². The molecule has 0 N–H and O–H groups in total. The molecule has 0 saturated carbocycles. The second kappa shape index (κ2) is 8.61. The standard InChI is InChI=1S/C21H23N3O4S2/c1-28-16-6-8-17(9-7-16)30(26,27)15-10-20(25)23-11-13-24(14-12-23)21-22-18-4-2-3-5-19(18)29-21/h2-9H,10-15H2,1H3. The van der Waals surface area contributed by atoms with E-state index in [1.54, 1.807) is 28.4 Å². The van der Waals surface area contributed by atoms with Gasteiger partial charge in [-0.05, 0) is 36.4 Å². The number of thiazole rings is 1. The summed E-state index contributed by atoms with van der Waals surface area (Å²) in [4.78, 5) is 21.4. The molecule has 1 amide bonds. The number of ether oxygens (including phenoxy) is 1. The molecule has 3 aromatic rings. The van der Waals surface area contributed by atoms with E-state index in [9.17, 15) is 13.2 Å². The molecule has 0 radical (unpaired) electrons. The van der Waals surface area contributed by atoms with E-state index in [2.05, 4.69) is 16.0 Å². The summed E-state index contributed by atoms with van der Waals surface area (Å²) < 4.78 is 31.2. The number of piperazine rings is 1. The van der Waals surface area contributed by atoms with Crippen LogP contribution in [0.1, 0.15) is 6.42 Å². The first-order valence-corrected chi connectivity index (χ1v) is 12.2. The van der Waals surface area contributed by atoms with E-state index in [0.717, 1.165) is 15.3 Å². The van der Waals surface area contributed by atoms with Crippen molar-refractivity contribution in [3.63, 3.8) is 0 Å². The van der Waals surface area contributed by atoms with E-state index >= 15 is 0 Å². The summed E-state index contributed by atoms with van der Waals surface area (Å²) in [5.41, 5.74) is 0.986. The van der Waals surface area contributed by atoms with Crippen molar-refractivity contribution in [2.75, 3.05) is 43.9 Å². The molecule has 1 aliphatic heterocycles. The number of aromatic nitrogens is 1. The van der Waals surface area contributed by atoms with E-state index in [0.29, 0.717) is 31.9 Å². The predicted octanol–water partition coefficient (Wildman–Crippen LogP) is 2.82. The number of anilines is 1. The fraction of sp³-hybridized carbons (Fsp3) is 0.333. The Kier molecular flexibility index (Phi) is 5.92. The average Bonchev–Trinajstić information content (AvgIpc) is 3.22. The number of para-hydroxylation sites is 1. The molecule has 7 nitrogen and oxygen atoms in total. The quantitative estimate of drug-likeness (QED) is 0.581. The zero-order valence-electron chi connectivity index (χ0n) is 16.7. The Labute approximate surface area is 179 Å². The molecule has 0 spiro atoms. The van der Waals surface area contributed by atoms with Gasteiger partial charge in [0, 0.05) is 32.6 Å². The van der Waals surface area contributed by atoms with Crippen molar-refractivity contribution in [2.24, 2.45) is 0 Å². The lowest BCUT2D eigenvalue weighted by Gasteiger charge is -2.34. The summed E-state index contributed by atoms with van der Waals surface area (Å²) in [6, 6.07) is 14.3. The lowest BCUT2D eigenvalue weighted by atomic mass is 10.3. The third-order valence-corrected chi connectivity index (χ3v) is 8.02. The summed E-state index contributed by atoms with van der Waals surface area (Å²) in [6.07, 6.45) is -0.0184. The number of sulfone groups is 1. The van der Waals surface area contributed by atoms with Gasteiger partial charge >= 0.3 is 0 Å². The summed E-state index contributed by atoms with van der Waals surface area (Å²) in [5, 5.41) is 0.963. The maximum Gasteiger partial charge on any atom is 0.223 e. The topological polar surface area (TPSA) is 79.8 Å². The van der Waals surface area contributed by atoms with Gasteiger partial charge < -0.3 is 14.5 Å². The Balaban J connectivity index is 1.31. The number of nitrogens with zero attached hydrogens (tertiary/aromatic N) is 3. The highest BCUT2D eigenvalue weighted by Crippen LogP contribution is 2.29. The molecule has 0 bridgehead atoms. The van der Waals surface area contributed by atoms with Crippen molar-refractivity contribution >= 4 is 42.4 Å². The number of benzene rings is 2. The van der Waals surface area contributed by atoms with Crippen LogP contribution in [0.3, 0.4) is 0 Å². The smallest absolute Gasteiger partial charge is 0.223 e. The molecule has 2 aromatic carbocycles. The Morgan fingerprint density at radius 1 is 1.07 bits per heavy atom. The lowest BCUT2D eigenvalue weighted by molar-refractivity contribution is -0.131. The zero-order valence-corrected chi connectivity index (χ0v) is 18.3. The van der Waals surface area contributed by atoms with E-state index in [-0.39, 0.29) is 23.0 Å². The molecule has 2 heterocycles. The number of fused-ring (bicyclic) bond motifs is 1. The Morgan fingerprint density at radius 3 is 2.43 bits per heavy atom. The predicted molar refractivity (Wildman–Crippen MR) is 118 cm³/mol. The Bertz CT molecular complexity index is 1100. The van der Waals surface area contributed by atoms with Gasteiger partial charge in [-0.25, -0.2) is 13.4 Å². The molecule has 1 saturated heterocycles. The minimum Gasteiger partial charge on any atom is -0.497 e. The van der Waals surface area contributed by atoms with Crippen molar-refractivity contribution in [3.05, 3.63) is 48.5 Å². The Morgan fingerprint density at radius 2 is 1.77 bits per heavy atom. The van der Waals surface area contributed by atoms with Gasteiger partial charge in [0.1, 0.15) is 5.75 Å². The van der Waals surface area contributed by atoms with Crippen LogP contribution < -0.4 is 9.64 Å². The average molecular weight is 446 g/mol. The summed E-state index contributed by atoms with van der Waals surface area (Å²) in [5.74, 6) is 0.267. The molecule has 1 aromatic heterocycles. The maximum absolute atomic E-state index is 12.6. The van der Waals surface area contributed by atoms with E-state index < -0.39 is 9.84 Å². The van der Waals surface area contributed by atoms with Gasteiger partial charge in [0.05, 0.1) is 28.0 Å². The largest absolute Gasteiger partial charge is 0.497 e. The van der Waals surface area contributed by atoms with Crippen LogP contribution in [0.2, 0.25) is 0 Å². The third-order valence-electron chi connectivity index (χ3n) is 5.19. The molecule has 0 aliphatic carbocycles. The molecule has 158 valence electrons. The van der Waals surface area contributed by atoms with Gasteiger partial charge in [0.15, 0.2) is 15.0 Å². The molecule has 30 heavy (non-hydrogen) atoms. The number of methoxy groups -OCH3 is 1. The first-order chi connectivity index (χ1) is 14.5. The molecule has 1 fully saturated rings. The highest BCUT2D eigenvalue weighted by molar-refractivity contribution is 7.91. The van der Waals surface area contributed by atoms with Gasteiger partial charge in [-0.1, -0.05) is 23.5 Å². The van der Waals surface area contributed by atoms with Crippen molar-refractivity contribution in [1.29, 1.82) is 0 Å². The summed E-state index contributed by atoms with van der Waals surface area (Å²) in [6.45, 7) is 2.52. The lowest BCUT2D eigenvalue weighted by Crippen LogP contribution is -2.49. The zero-order chi connectivity index (χ0) is 21.1. The minimum absolute atomic E-state index is 0.0184. The fourth-order valence-corrected chi connectivity index (χ4v) is 5.67. The van der Waals surface area contributed by atoms with Crippen LogP contribution in [0.4, 0.5) is 5.13 Å². The highest BCUT2D eigenvalue weighted by atomic mass is 32.2. The van der Waals surface area contributed by atoms with Crippen LogP contribution in [0.15, 0.2) is 53.4 Å². The van der Waals surface area contributed by atoms with Crippen LogP contribution in [0.25, 0.3) is 10.2 Å². The van der Waals surface area contributed by atoms with Crippen LogP contribution in [-0.2, 0) is 14.6 Å². The molecule has 0 unspecified atom stereocenters. The van der Waals surface area contributed by atoms with E-state index in [1.807, 2.05) is 18.2 Å². The highest BCUT2D eigenvalue weighted by Gasteiger charge is 2.25. The van der Waals surface area contributed by atoms with Crippen molar-refractivity contribution in [1.82, 2.24) is 9.88 Å². The molecule has 0 atom stereocenters. The number of carbonyl (C=O) groups excluding carboxylic acids is 1. The van der Waals surface area contributed by atoms with Crippen LogP contribution in [0.5, 0.6) is 5.75 Å². The number of hydrogen-bond acceptors (Lipinski definition) is 7. The molecule has 1 aliphatic rings. The number of amides is 1. The SMILES string of the molecule is COc1ccc(S(=O)(=O)CCC(=O)N2CCN(c3nc4ccccc4s3)CC2)cc1. The van der Waals surface area contributed by atoms with Gasteiger partial charge in [0.2, 0.25) is 5.91 Å².